The number of aromatic nitrogens is 4. The minimum absolute atomic E-state index is 0.525. The maximum atomic E-state index is 5.72. The van der Waals surface area contributed by atoms with Gasteiger partial charge in [-0.3, -0.25) is 4.98 Å². The van der Waals surface area contributed by atoms with E-state index < -0.39 is 6.29 Å². The SMILES string of the molecule is c1cncc(-c2nnc(-c3cc4ccoc4c(C4OCCCO4)n3)s2)c1. The van der Waals surface area contributed by atoms with Crippen LogP contribution in [0.4, 0.5) is 0 Å². The van der Waals surface area contributed by atoms with E-state index in [2.05, 4.69) is 15.2 Å². The van der Waals surface area contributed by atoms with E-state index in [9.17, 15) is 0 Å². The molecule has 1 saturated heterocycles. The molecule has 0 saturated carbocycles. The van der Waals surface area contributed by atoms with Crippen molar-refractivity contribution in [1.29, 1.82) is 0 Å². The van der Waals surface area contributed by atoms with Gasteiger partial charge in [0.1, 0.15) is 16.4 Å². The lowest BCUT2D eigenvalue weighted by Crippen LogP contribution is -2.19. The number of fused-ring (bicyclic) bond motifs is 1. The van der Waals surface area contributed by atoms with Gasteiger partial charge in [0, 0.05) is 23.3 Å². The first kappa shape index (κ1) is 15.6. The van der Waals surface area contributed by atoms with Crippen LogP contribution >= 0.6 is 11.3 Å². The highest BCUT2D eigenvalue weighted by atomic mass is 32.1. The van der Waals surface area contributed by atoms with Gasteiger partial charge in [-0.1, -0.05) is 11.3 Å². The topological polar surface area (TPSA) is 83.2 Å². The molecule has 0 aliphatic carbocycles. The molecule has 0 amide bonds. The van der Waals surface area contributed by atoms with Crippen molar-refractivity contribution >= 4 is 22.3 Å². The Morgan fingerprint density at radius 3 is 2.81 bits per heavy atom. The lowest BCUT2D eigenvalue weighted by Gasteiger charge is -2.22. The van der Waals surface area contributed by atoms with E-state index >= 15 is 0 Å². The summed E-state index contributed by atoms with van der Waals surface area (Å²) < 4.78 is 17.0. The number of hydrogen-bond acceptors (Lipinski definition) is 8. The monoisotopic (exact) mass is 366 g/mol. The predicted molar refractivity (Wildman–Crippen MR) is 95.4 cm³/mol. The highest BCUT2D eigenvalue weighted by Gasteiger charge is 2.24. The van der Waals surface area contributed by atoms with Crippen LogP contribution in [0.3, 0.4) is 0 Å². The molecule has 1 aliphatic rings. The second-order valence-electron chi connectivity index (χ2n) is 5.81. The number of hydrogen-bond donors (Lipinski definition) is 0. The Bertz CT molecular complexity index is 1040. The molecule has 5 heterocycles. The van der Waals surface area contributed by atoms with Gasteiger partial charge in [0.15, 0.2) is 10.6 Å². The van der Waals surface area contributed by atoms with E-state index in [-0.39, 0.29) is 0 Å². The molecule has 4 aromatic rings. The molecule has 8 heteroatoms. The van der Waals surface area contributed by atoms with Crippen LogP contribution in [0.2, 0.25) is 0 Å². The molecule has 0 unspecified atom stereocenters. The highest BCUT2D eigenvalue weighted by Crippen LogP contribution is 2.34. The summed E-state index contributed by atoms with van der Waals surface area (Å²) in [6.45, 7) is 1.28. The van der Waals surface area contributed by atoms with Crippen molar-refractivity contribution in [2.45, 2.75) is 12.7 Å². The number of furan rings is 1. The molecule has 5 rings (SSSR count). The van der Waals surface area contributed by atoms with E-state index in [4.69, 9.17) is 18.9 Å². The van der Waals surface area contributed by atoms with Crippen molar-refractivity contribution in [2.75, 3.05) is 13.2 Å². The molecule has 7 nitrogen and oxygen atoms in total. The molecule has 0 atom stereocenters. The van der Waals surface area contributed by atoms with Crippen molar-refractivity contribution in [3.63, 3.8) is 0 Å². The van der Waals surface area contributed by atoms with Gasteiger partial charge in [0.25, 0.3) is 0 Å². The second-order valence-corrected chi connectivity index (χ2v) is 6.79. The van der Waals surface area contributed by atoms with Crippen LogP contribution in [0.25, 0.3) is 32.2 Å². The highest BCUT2D eigenvalue weighted by molar-refractivity contribution is 7.17. The second kappa shape index (κ2) is 6.56. The first-order valence-corrected chi connectivity index (χ1v) is 9.06. The van der Waals surface area contributed by atoms with Crippen LogP contribution in [-0.4, -0.2) is 33.4 Å². The van der Waals surface area contributed by atoms with Gasteiger partial charge in [0.2, 0.25) is 6.29 Å². The zero-order chi connectivity index (χ0) is 17.3. The maximum absolute atomic E-state index is 5.72. The number of ether oxygens (including phenoxy) is 2. The molecule has 0 spiro atoms. The number of pyridine rings is 2. The van der Waals surface area contributed by atoms with E-state index in [1.165, 1.54) is 11.3 Å². The standard InChI is InChI=1S/C18H14N4O3S/c1-3-12(10-19-5-1)16-21-22-17(26-16)13-9-11-4-8-23-15(11)14(20-13)18-24-6-2-7-25-18/h1,3-5,8-10,18H,2,6-7H2. The molecular formula is C18H14N4O3S. The fourth-order valence-electron chi connectivity index (χ4n) is 2.85. The Kier molecular flexibility index (Phi) is 3.93. The van der Waals surface area contributed by atoms with E-state index in [0.29, 0.717) is 24.5 Å². The van der Waals surface area contributed by atoms with Crippen LogP contribution in [0.1, 0.15) is 18.4 Å². The third-order valence-corrected chi connectivity index (χ3v) is 5.06. The fraction of sp³-hybridized carbons (Fsp3) is 0.222. The Morgan fingerprint density at radius 2 is 1.96 bits per heavy atom. The van der Waals surface area contributed by atoms with Crippen LogP contribution < -0.4 is 0 Å². The summed E-state index contributed by atoms with van der Waals surface area (Å²) in [5, 5.41) is 11.0. The lowest BCUT2D eigenvalue weighted by atomic mass is 10.2. The third kappa shape index (κ3) is 2.78. The lowest BCUT2D eigenvalue weighted by molar-refractivity contribution is -0.184. The Labute approximate surface area is 152 Å². The molecule has 1 fully saturated rings. The normalized spacial score (nSPS) is 15.5. The smallest absolute Gasteiger partial charge is 0.204 e. The van der Waals surface area contributed by atoms with Crippen molar-refractivity contribution in [2.24, 2.45) is 0 Å². The summed E-state index contributed by atoms with van der Waals surface area (Å²) in [4.78, 5) is 8.85. The Morgan fingerprint density at radius 1 is 1.08 bits per heavy atom. The van der Waals surface area contributed by atoms with Crippen molar-refractivity contribution in [3.05, 3.63) is 48.6 Å². The van der Waals surface area contributed by atoms with Crippen molar-refractivity contribution < 1.29 is 13.9 Å². The summed E-state index contributed by atoms with van der Waals surface area (Å²) >= 11 is 1.47. The average Bonchev–Trinajstić information content (AvgIpc) is 3.38. The number of rotatable bonds is 3. The van der Waals surface area contributed by atoms with E-state index in [1.54, 1.807) is 18.7 Å². The minimum Gasteiger partial charge on any atom is -0.462 e. The maximum Gasteiger partial charge on any atom is 0.204 e. The predicted octanol–water partition coefficient (Wildman–Crippen LogP) is 3.84. The largest absolute Gasteiger partial charge is 0.462 e. The zero-order valence-electron chi connectivity index (χ0n) is 13.7. The van der Waals surface area contributed by atoms with Gasteiger partial charge in [-0.15, -0.1) is 10.2 Å². The summed E-state index contributed by atoms with van der Waals surface area (Å²) in [5.74, 6) is 0. The molecule has 0 aromatic carbocycles. The molecule has 26 heavy (non-hydrogen) atoms. The average molecular weight is 366 g/mol. The van der Waals surface area contributed by atoms with Crippen LogP contribution in [0.5, 0.6) is 0 Å². The van der Waals surface area contributed by atoms with Gasteiger partial charge >= 0.3 is 0 Å². The first-order chi connectivity index (χ1) is 12.9. The van der Waals surface area contributed by atoms with Crippen LogP contribution in [0, 0.1) is 0 Å². The molecule has 4 aromatic heterocycles. The Hall–Kier alpha value is -2.68. The van der Waals surface area contributed by atoms with Gasteiger partial charge < -0.3 is 13.9 Å². The minimum atomic E-state index is -0.525. The molecular weight excluding hydrogens is 352 g/mol. The fourth-order valence-corrected chi connectivity index (χ4v) is 3.64. The quantitative estimate of drug-likeness (QED) is 0.544. The van der Waals surface area contributed by atoms with Crippen LogP contribution in [-0.2, 0) is 9.47 Å². The van der Waals surface area contributed by atoms with Gasteiger partial charge in [-0.25, -0.2) is 4.98 Å². The Balaban J connectivity index is 1.58. The van der Waals surface area contributed by atoms with Gasteiger partial charge in [-0.2, -0.15) is 0 Å². The summed E-state index contributed by atoms with van der Waals surface area (Å²) in [7, 11) is 0. The summed E-state index contributed by atoms with van der Waals surface area (Å²) in [6, 6.07) is 7.68. The molecule has 0 radical (unpaired) electrons. The van der Waals surface area contributed by atoms with Gasteiger partial charge in [-0.05, 0) is 30.7 Å². The van der Waals surface area contributed by atoms with Crippen molar-refractivity contribution in [1.82, 2.24) is 20.2 Å². The molecule has 130 valence electrons. The summed E-state index contributed by atoms with van der Waals surface area (Å²) in [6.07, 6.45) is 5.50. The zero-order valence-corrected chi connectivity index (χ0v) is 14.5. The molecule has 0 bridgehead atoms. The van der Waals surface area contributed by atoms with Crippen LogP contribution in [0.15, 0.2) is 47.3 Å². The van der Waals surface area contributed by atoms with E-state index in [1.807, 2.05) is 24.3 Å². The molecule has 0 N–H and O–H groups in total. The van der Waals surface area contributed by atoms with Crippen molar-refractivity contribution in [3.8, 4) is 21.3 Å². The summed E-state index contributed by atoms with van der Waals surface area (Å²) in [5.41, 5.74) is 2.97. The first-order valence-electron chi connectivity index (χ1n) is 8.24. The number of nitrogens with zero attached hydrogens (tertiary/aromatic N) is 4. The van der Waals surface area contributed by atoms with Gasteiger partial charge in [0.05, 0.1) is 19.5 Å². The molecule has 1 aliphatic heterocycles. The third-order valence-electron chi connectivity index (χ3n) is 4.06. The van der Waals surface area contributed by atoms with E-state index in [0.717, 1.165) is 33.1 Å².